The topological polar surface area (TPSA) is 40.5 Å². The van der Waals surface area contributed by atoms with Crippen molar-refractivity contribution in [2.75, 3.05) is 6.54 Å². The van der Waals surface area contributed by atoms with Crippen LogP contribution in [-0.4, -0.2) is 28.9 Å². The second-order valence-electron chi connectivity index (χ2n) is 4.30. The summed E-state index contributed by atoms with van der Waals surface area (Å²) in [6, 6.07) is 0. The van der Waals surface area contributed by atoms with Crippen LogP contribution in [0.5, 0.6) is 0 Å². The highest BCUT2D eigenvalue weighted by molar-refractivity contribution is 5.62. The van der Waals surface area contributed by atoms with Gasteiger partial charge in [0.2, 0.25) is 0 Å². The molecule has 1 saturated heterocycles. The van der Waals surface area contributed by atoms with Gasteiger partial charge in [0.05, 0.1) is 12.0 Å². The monoisotopic (exact) mass is 219 g/mol. The van der Waals surface area contributed by atoms with E-state index in [9.17, 15) is 9.90 Å². The van der Waals surface area contributed by atoms with Gasteiger partial charge >= 0.3 is 0 Å². The van der Waals surface area contributed by atoms with Crippen LogP contribution in [0.3, 0.4) is 0 Å². The molecule has 2 unspecified atom stereocenters. The highest BCUT2D eigenvalue weighted by Crippen LogP contribution is 2.30. The largest absolute Gasteiger partial charge is 0.388 e. The van der Waals surface area contributed by atoms with E-state index in [-0.39, 0.29) is 0 Å². The summed E-state index contributed by atoms with van der Waals surface area (Å²) in [7, 11) is 0. The van der Waals surface area contributed by atoms with Crippen LogP contribution in [0.4, 0.5) is 0 Å². The van der Waals surface area contributed by atoms with Gasteiger partial charge in [0.1, 0.15) is 6.29 Å². The summed E-state index contributed by atoms with van der Waals surface area (Å²) in [6.07, 6.45) is 8.73. The molecule has 1 aliphatic carbocycles. The average Bonchev–Trinajstić information content (AvgIpc) is 2.29. The number of aliphatic hydroxyl groups is 1. The molecule has 0 spiro atoms. The van der Waals surface area contributed by atoms with Crippen LogP contribution < -0.4 is 0 Å². The average molecular weight is 219 g/mol. The molecule has 1 heterocycles. The molecule has 0 bridgehead atoms. The fourth-order valence-corrected chi connectivity index (χ4v) is 2.30. The first-order valence-electron chi connectivity index (χ1n) is 5.71. The van der Waals surface area contributed by atoms with Gasteiger partial charge in [-0.05, 0) is 25.3 Å². The van der Waals surface area contributed by atoms with Crippen LogP contribution in [0.1, 0.15) is 19.3 Å². The predicted octanol–water partition coefficient (Wildman–Crippen LogP) is 1.62. The van der Waals surface area contributed by atoms with E-state index >= 15 is 0 Å². The normalized spacial score (nSPS) is 30.2. The van der Waals surface area contributed by atoms with Crippen molar-refractivity contribution in [1.29, 1.82) is 0 Å². The summed E-state index contributed by atoms with van der Waals surface area (Å²) >= 11 is 0. The minimum atomic E-state index is -0.702. The van der Waals surface area contributed by atoms with E-state index in [0.29, 0.717) is 0 Å². The van der Waals surface area contributed by atoms with Crippen molar-refractivity contribution < 1.29 is 9.90 Å². The third-order valence-corrected chi connectivity index (χ3v) is 3.22. The van der Waals surface area contributed by atoms with Crippen molar-refractivity contribution in [3.05, 3.63) is 36.2 Å². The number of carbonyl (C=O) groups is 1. The molecule has 2 rings (SSSR count). The first kappa shape index (κ1) is 11.1. The Morgan fingerprint density at radius 2 is 2.31 bits per heavy atom. The zero-order chi connectivity index (χ0) is 11.5. The first-order valence-corrected chi connectivity index (χ1v) is 5.71. The fourth-order valence-electron chi connectivity index (χ4n) is 2.30. The van der Waals surface area contributed by atoms with Crippen molar-refractivity contribution in [3.63, 3.8) is 0 Å². The number of aliphatic hydroxyl groups excluding tert-OH is 1. The number of nitrogens with zero attached hydrogens (tertiary/aromatic N) is 1. The minimum absolute atomic E-state index is 0.445. The summed E-state index contributed by atoms with van der Waals surface area (Å²) < 4.78 is 0. The maximum Gasteiger partial charge on any atom is 0.131 e. The van der Waals surface area contributed by atoms with E-state index in [1.165, 1.54) is 0 Å². The second kappa shape index (κ2) is 4.66. The van der Waals surface area contributed by atoms with Gasteiger partial charge in [0.25, 0.3) is 0 Å². The molecule has 0 aromatic rings. The van der Waals surface area contributed by atoms with E-state index in [2.05, 4.69) is 11.5 Å². The highest BCUT2D eigenvalue weighted by Gasteiger charge is 2.29. The lowest BCUT2D eigenvalue weighted by Gasteiger charge is -2.37. The van der Waals surface area contributed by atoms with E-state index in [1.807, 2.05) is 12.2 Å². The summed E-state index contributed by atoms with van der Waals surface area (Å²) in [5, 5.41) is 9.74. The summed E-state index contributed by atoms with van der Waals surface area (Å²) in [6.45, 7) is 4.93. The molecular weight excluding hydrogens is 202 g/mol. The van der Waals surface area contributed by atoms with Crippen molar-refractivity contribution >= 4 is 6.29 Å². The lowest BCUT2D eigenvalue weighted by Crippen LogP contribution is -2.36. The van der Waals surface area contributed by atoms with Crippen molar-refractivity contribution in [2.45, 2.75) is 25.4 Å². The highest BCUT2D eigenvalue weighted by atomic mass is 16.3. The molecule has 2 aliphatic rings. The summed E-state index contributed by atoms with van der Waals surface area (Å²) in [4.78, 5) is 13.1. The molecule has 0 aromatic carbocycles. The predicted molar refractivity (Wildman–Crippen MR) is 62.5 cm³/mol. The van der Waals surface area contributed by atoms with Gasteiger partial charge < -0.3 is 14.8 Å². The Bertz CT molecular complexity index is 357. The number of allylic oxidation sites excluding steroid dienone is 3. The standard InChI is InChI=1S/C13H17NO2/c1-10-5-2-3-8-14(10)12-6-4-7-13(16)11(12)9-15/h4,6-7,9,11,13,16H,1-3,5,8H2. The molecule has 0 saturated carbocycles. The van der Waals surface area contributed by atoms with Crippen molar-refractivity contribution in [3.8, 4) is 0 Å². The zero-order valence-corrected chi connectivity index (χ0v) is 9.30. The Labute approximate surface area is 95.8 Å². The smallest absolute Gasteiger partial charge is 0.131 e. The van der Waals surface area contributed by atoms with Crippen molar-refractivity contribution in [1.82, 2.24) is 4.90 Å². The maximum absolute atomic E-state index is 11.0. The lowest BCUT2D eigenvalue weighted by atomic mass is 9.92. The molecule has 3 nitrogen and oxygen atoms in total. The second-order valence-corrected chi connectivity index (χ2v) is 4.30. The van der Waals surface area contributed by atoms with E-state index < -0.39 is 12.0 Å². The minimum Gasteiger partial charge on any atom is -0.388 e. The number of carbonyl (C=O) groups excluding carboxylic acids is 1. The van der Waals surface area contributed by atoms with Gasteiger partial charge in [-0.2, -0.15) is 0 Å². The van der Waals surface area contributed by atoms with Crippen LogP contribution in [0.25, 0.3) is 0 Å². The molecule has 2 atom stereocenters. The Morgan fingerprint density at radius 1 is 1.50 bits per heavy atom. The van der Waals surface area contributed by atoms with Crippen LogP contribution in [0.15, 0.2) is 36.2 Å². The molecule has 3 heteroatoms. The molecule has 0 aromatic heterocycles. The van der Waals surface area contributed by atoms with Crippen LogP contribution in [-0.2, 0) is 4.79 Å². The Morgan fingerprint density at radius 3 is 3.00 bits per heavy atom. The number of aldehydes is 1. The molecule has 86 valence electrons. The third-order valence-electron chi connectivity index (χ3n) is 3.22. The molecule has 0 radical (unpaired) electrons. The Hall–Kier alpha value is -1.35. The number of rotatable bonds is 2. The van der Waals surface area contributed by atoms with Gasteiger partial charge in [-0.1, -0.05) is 18.7 Å². The number of hydrogen-bond donors (Lipinski definition) is 1. The van der Waals surface area contributed by atoms with E-state index in [0.717, 1.165) is 43.5 Å². The molecule has 0 amide bonds. The maximum atomic E-state index is 11.0. The van der Waals surface area contributed by atoms with Gasteiger partial charge in [-0.25, -0.2) is 0 Å². The molecule has 1 fully saturated rings. The SMILES string of the molecule is C=C1CCCCN1C1=CC=CC(O)C1C=O. The molecular formula is C13H17NO2. The van der Waals surface area contributed by atoms with Gasteiger partial charge in [0.15, 0.2) is 0 Å². The quantitative estimate of drug-likeness (QED) is 0.717. The van der Waals surface area contributed by atoms with Crippen LogP contribution in [0.2, 0.25) is 0 Å². The van der Waals surface area contributed by atoms with Gasteiger partial charge in [-0.3, -0.25) is 0 Å². The van der Waals surface area contributed by atoms with Crippen molar-refractivity contribution in [2.24, 2.45) is 5.92 Å². The number of piperidine rings is 1. The molecule has 1 N–H and O–H groups in total. The lowest BCUT2D eigenvalue weighted by molar-refractivity contribution is -0.112. The summed E-state index contributed by atoms with van der Waals surface area (Å²) in [5.41, 5.74) is 1.93. The zero-order valence-electron chi connectivity index (χ0n) is 9.30. The third kappa shape index (κ3) is 1.95. The van der Waals surface area contributed by atoms with E-state index in [4.69, 9.17) is 0 Å². The number of likely N-dealkylation sites (tertiary alicyclic amines) is 1. The fraction of sp³-hybridized carbons (Fsp3) is 0.462. The van der Waals surface area contributed by atoms with Crippen LogP contribution in [0, 0.1) is 5.92 Å². The van der Waals surface area contributed by atoms with Crippen LogP contribution >= 0.6 is 0 Å². The Balaban J connectivity index is 2.23. The Kier molecular flexibility index (Phi) is 3.25. The van der Waals surface area contributed by atoms with Gasteiger partial charge in [-0.15, -0.1) is 0 Å². The van der Waals surface area contributed by atoms with E-state index in [1.54, 1.807) is 6.08 Å². The molecule has 16 heavy (non-hydrogen) atoms. The first-order chi connectivity index (χ1) is 7.74. The summed E-state index contributed by atoms with van der Waals surface area (Å²) in [5.74, 6) is -0.445. The number of hydrogen-bond acceptors (Lipinski definition) is 3. The van der Waals surface area contributed by atoms with Gasteiger partial charge in [0, 0.05) is 17.9 Å². The molecule has 1 aliphatic heterocycles.